The lowest BCUT2D eigenvalue weighted by Crippen LogP contribution is -2.52. The molecule has 4 rings (SSSR count). The second kappa shape index (κ2) is 8.08. The minimum atomic E-state index is -2.92. The first-order chi connectivity index (χ1) is 13.9. The summed E-state index contributed by atoms with van der Waals surface area (Å²) in [5, 5.41) is 0. The second-order valence-electron chi connectivity index (χ2n) is 7.63. The van der Waals surface area contributed by atoms with Crippen molar-refractivity contribution < 1.29 is 18.0 Å². The fourth-order valence-corrected chi connectivity index (χ4v) is 5.90. The highest BCUT2D eigenvalue weighted by Gasteiger charge is 2.34. The second-order valence-corrected chi connectivity index (χ2v) is 9.85. The maximum absolute atomic E-state index is 13.1. The van der Waals surface area contributed by atoms with Gasteiger partial charge in [-0.3, -0.25) is 14.5 Å². The fraction of sp³-hybridized carbons (Fsp3) is 0.364. The molecule has 7 heteroatoms. The zero-order valence-electron chi connectivity index (χ0n) is 16.2. The topological polar surface area (TPSA) is 74.8 Å². The summed E-state index contributed by atoms with van der Waals surface area (Å²) in [7, 11) is -2.92. The molecule has 1 amide bonds. The van der Waals surface area contributed by atoms with Crippen LogP contribution in [-0.4, -0.2) is 73.6 Å². The van der Waals surface area contributed by atoms with Gasteiger partial charge in [-0.25, -0.2) is 8.42 Å². The van der Waals surface area contributed by atoms with E-state index >= 15 is 0 Å². The van der Waals surface area contributed by atoms with E-state index in [1.807, 2.05) is 6.07 Å². The third kappa shape index (κ3) is 4.26. The van der Waals surface area contributed by atoms with E-state index in [-0.39, 0.29) is 29.2 Å². The maximum atomic E-state index is 13.1. The minimum Gasteiger partial charge on any atom is -0.336 e. The van der Waals surface area contributed by atoms with Crippen molar-refractivity contribution in [3.05, 3.63) is 71.3 Å². The summed E-state index contributed by atoms with van der Waals surface area (Å²) in [4.78, 5) is 30.0. The number of benzene rings is 2. The van der Waals surface area contributed by atoms with Crippen molar-refractivity contribution in [2.75, 3.05) is 37.7 Å². The molecule has 0 aliphatic carbocycles. The number of sulfone groups is 1. The lowest BCUT2D eigenvalue weighted by Gasteiger charge is -2.37. The minimum absolute atomic E-state index is 0.0594. The van der Waals surface area contributed by atoms with Crippen LogP contribution in [0.25, 0.3) is 0 Å². The van der Waals surface area contributed by atoms with Crippen LogP contribution in [-0.2, 0) is 9.84 Å². The van der Waals surface area contributed by atoms with Gasteiger partial charge in [0, 0.05) is 43.3 Å². The van der Waals surface area contributed by atoms with Crippen LogP contribution in [0.5, 0.6) is 0 Å². The number of ketones is 1. The van der Waals surface area contributed by atoms with Gasteiger partial charge >= 0.3 is 0 Å². The van der Waals surface area contributed by atoms with E-state index in [2.05, 4.69) is 4.90 Å². The van der Waals surface area contributed by atoms with Gasteiger partial charge < -0.3 is 4.90 Å². The number of amides is 1. The van der Waals surface area contributed by atoms with Crippen molar-refractivity contribution in [1.29, 1.82) is 0 Å². The summed E-state index contributed by atoms with van der Waals surface area (Å²) in [6, 6.07) is 16.0. The van der Waals surface area contributed by atoms with Gasteiger partial charge in [0.2, 0.25) is 0 Å². The normalized spacial score (nSPS) is 21.8. The van der Waals surface area contributed by atoms with Crippen LogP contribution >= 0.6 is 0 Å². The molecule has 2 aliphatic heterocycles. The van der Waals surface area contributed by atoms with Gasteiger partial charge in [-0.1, -0.05) is 48.5 Å². The average Bonchev–Trinajstić information content (AvgIpc) is 3.13. The predicted molar refractivity (Wildman–Crippen MR) is 111 cm³/mol. The van der Waals surface area contributed by atoms with Crippen LogP contribution in [0, 0.1) is 0 Å². The lowest BCUT2D eigenvalue weighted by molar-refractivity contribution is 0.0585. The number of carbonyl (C=O) groups excluding carboxylic acids is 2. The number of rotatable bonds is 4. The standard InChI is InChI=1S/C22H24N2O4S/c25-21(17-6-2-1-3-7-17)19-8-4-5-9-20(19)22(26)24-13-11-23(12-14-24)18-10-15-29(27,28)16-18/h1-9,18H,10-16H2. The molecule has 2 aliphatic rings. The van der Waals surface area contributed by atoms with Crippen molar-refractivity contribution in [3.63, 3.8) is 0 Å². The van der Waals surface area contributed by atoms with E-state index in [0.717, 1.165) is 0 Å². The number of hydrogen-bond acceptors (Lipinski definition) is 5. The van der Waals surface area contributed by atoms with Gasteiger partial charge in [0.15, 0.2) is 15.6 Å². The van der Waals surface area contributed by atoms with Crippen molar-refractivity contribution in [3.8, 4) is 0 Å². The molecular formula is C22H24N2O4S. The molecule has 29 heavy (non-hydrogen) atoms. The van der Waals surface area contributed by atoms with Crippen LogP contribution in [0.3, 0.4) is 0 Å². The Morgan fingerprint density at radius 2 is 1.45 bits per heavy atom. The van der Waals surface area contributed by atoms with Crippen molar-refractivity contribution in [2.24, 2.45) is 0 Å². The molecule has 152 valence electrons. The molecule has 0 bridgehead atoms. The van der Waals surface area contributed by atoms with Crippen LogP contribution in [0.2, 0.25) is 0 Å². The summed E-state index contributed by atoms with van der Waals surface area (Å²) < 4.78 is 23.5. The lowest BCUT2D eigenvalue weighted by atomic mass is 9.97. The van der Waals surface area contributed by atoms with Crippen molar-refractivity contribution >= 4 is 21.5 Å². The van der Waals surface area contributed by atoms with E-state index in [1.54, 1.807) is 53.4 Å². The number of piperazine rings is 1. The van der Waals surface area contributed by atoms with Crippen LogP contribution < -0.4 is 0 Å². The first-order valence-corrected chi connectivity index (χ1v) is 11.7. The molecule has 0 saturated carbocycles. The highest BCUT2D eigenvalue weighted by atomic mass is 32.2. The van der Waals surface area contributed by atoms with Gasteiger partial charge in [-0.05, 0) is 12.5 Å². The van der Waals surface area contributed by atoms with Crippen molar-refractivity contribution in [1.82, 2.24) is 9.80 Å². The molecule has 2 saturated heterocycles. The molecule has 2 fully saturated rings. The van der Waals surface area contributed by atoms with Gasteiger partial charge in [0.25, 0.3) is 5.91 Å². The number of carbonyl (C=O) groups is 2. The molecule has 1 atom stereocenters. The Kier molecular flexibility index (Phi) is 5.52. The van der Waals surface area contributed by atoms with E-state index in [1.165, 1.54) is 0 Å². The molecule has 6 nitrogen and oxygen atoms in total. The summed E-state index contributed by atoms with van der Waals surface area (Å²) in [6.07, 6.45) is 0.671. The fourth-order valence-electron chi connectivity index (χ4n) is 4.14. The average molecular weight is 413 g/mol. The third-order valence-corrected chi connectivity index (χ3v) is 7.51. The highest BCUT2D eigenvalue weighted by Crippen LogP contribution is 2.21. The Bertz CT molecular complexity index is 1010. The molecule has 0 aromatic heterocycles. The first kappa shape index (κ1) is 19.8. The Morgan fingerprint density at radius 3 is 2.07 bits per heavy atom. The maximum Gasteiger partial charge on any atom is 0.254 e. The van der Waals surface area contributed by atoms with Crippen LogP contribution in [0.1, 0.15) is 32.7 Å². The van der Waals surface area contributed by atoms with Gasteiger partial charge in [0.05, 0.1) is 17.1 Å². The summed E-state index contributed by atoms with van der Waals surface area (Å²) in [5.41, 5.74) is 1.38. The summed E-state index contributed by atoms with van der Waals surface area (Å²) >= 11 is 0. The zero-order chi connectivity index (χ0) is 20.4. The molecular weight excluding hydrogens is 388 g/mol. The predicted octanol–water partition coefficient (Wildman–Crippen LogP) is 1.86. The monoisotopic (exact) mass is 412 g/mol. The van der Waals surface area contributed by atoms with Gasteiger partial charge in [0.1, 0.15) is 0 Å². The molecule has 2 aromatic rings. The molecule has 0 N–H and O–H groups in total. The molecule has 0 radical (unpaired) electrons. The first-order valence-electron chi connectivity index (χ1n) is 9.87. The number of nitrogens with zero attached hydrogens (tertiary/aromatic N) is 2. The van der Waals surface area contributed by atoms with Crippen LogP contribution in [0.4, 0.5) is 0 Å². The van der Waals surface area contributed by atoms with Gasteiger partial charge in [-0.15, -0.1) is 0 Å². The number of hydrogen-bond donors (Lipinski definition) is 0. The van der Waals surface area contributed by atoms with E-state index in [0.29, 0.717) is 49.3 Å². The Morgan fingerprint density at radius 1 is 0.828 bits per heavy atom. The quantitative estimate of drug-likeness (QED) is 0.717. The largest absolute Gasteiger partial charge is 0.336 e. The third-order valence-electron chi connectivity index (χ3n) is 5.76. The Labute approximate surface area is 171 Å². The molecule has 2 heterocycles. The Balaban J connectivity index is 1.47. The molecule has 0 spiro atoms. The summed E-state index contributed by atoms with van der Waals surface area (Å²) in [5.74, 6) is 0.161. The van der Waals surface area contributed by atoms with E-state index < -0.39 is 9.84 Å². The SMILES string of the molecule is O=C(c1ccccc1)c1ccccc1C(=O)N1CCN(C2CCS(=O)(=O)C2)CC1. The highest BCUT2D eigenvalue weighted by molar-refractivity contribution is 7.91. The Hall–Kier alpha value is -2.51. The van der Waals surface area contributed by atoms with Crippen LogP contribution in [0.15, 0.2) is 54.6 Å². The zero-order valence-corrected chi connectivity index (χ0v) is 17.0. The molecule has 1 unspecified atom stereocenters. The van der Waals surface area contributed by atoms with Gasteiger partial charge in [-0.2, -0.15) is 0 Å². The van der Waals surface area contributed by atoms with Crippen molar-refractivity contribution in [2.45, 2.75) is 12.5 Å². The van der Waals surface area contributed by atoms with E-state index in [4.69, 9.17) is 0 Å². The smallest absolute Gasteiger partial charge is 0.254 e. The van der Waals surface area contributed by atoms with E-state index in [9.17, 15) is 18.0 Å². The molecule has 2 aromatic carbocycles. The summed E-state index contributed by atoms with van der Waals surface area (Å²) in [6.45, 7) is 2.37.